The molecule has 0 amide bonds. The molecule has 1 unspecified atom stereocenters. The van der Waals surface area contributed by atoms with Crippen molar-refractivity contribution < 1.29 is 5.11 Å². The predicted molar refractivity (Wildman–Crippen MR) is 75.3 cm³/mol. The quantitative estimate of drug-likeness (QED) is 0.883. The van der Waals surface area contributed by atoms with Crippen LogP contribution in [0.1, 0.15) is 30.0 Å². The Hall–Kier alpha value is -1.81. The highest BCUT2D eigenvalue weighted by molar-refractivity contribution is 5.47. The lowest BCUT2D eigenvalue weighted by molar-refractivity contribution is 0.288. The number of anilines is 1. The summed E-state index contributed by atoms with van der Waals surface area (Å²) in [5, 5.41) is 16.9. The second kappa shape index (κ2) is 5.45. The number of aromatic nitrogens is 2. The molecule has 1 aromatic heterocycles. The van der Waals surface area contributed by atoms with Crippen molar-refractivity contribution in [3.8, 4) is 0 Å². The molecule has 0 spiro atoms. The van der Waals surface area contributed by atoms with E-state index in [0.717, 1.165) is 31.6 Å². The van der Waals surface area contributed by atoms with Gasteiger partial charge in [0.25, 0.3) is 0 Å². The Labute approximate surface area is 113 Å². The topological polar surface area (TPSA) is 50.1 Å². The van der Waals surface area contributed by atoms with Gasteiger partial charge >= 0.3 is 0 Å². The molecule has 4 nitrogen and oxygen atoms in total. The maximum absolute atomic E-state index is 8.95. The molecule has 3 rings (SSSR count). The summed E-state index contributed by atoms with van der Waals surface area (Å²) in [6.07, 6.45) is 4.65. The number of nitrogens with zero attached hydrogens (tertiary/aromatic N) is 2. The number of hydrogen-bond acceptors (Lipinski definition) is 3. The lowest BCUT2D eigenvalue weighted by Gasteiger charge is -2.26. The van der Waals surface area contributed by atoms with Crippen molar-refractivity contribution in [2.24, 2.45) is 0 Å². The van der Waals surface area contributed by atoms with Crippen molar-refractivity contribution in [3.05, 3.63) is 47.7 Å². The van der Waals surface area contributed by atoms with Crippen LogP contribution in [0.15, 0.2) is 36.5 Å². The maximum atomic E-state index is 8.95. The van der Waals surface area contributed by atoms with Gasteiger partial charge in [0.1, 0.15) is 5.82 Å². The van der Waals surface area contributed by atoms with Gasteiger partial charge in [-0.05, 0) is 24.8 Å². The van der Waals surface area contributed by atoms with Crippen LogP contribution >= 0.6 is 0 Å². The molecule has 2 N–H and O–H groups in total. The molecule has 0 saturated heterocycles. The molecule has 0 aliphatic carbocycles. The van der Waals surface area contributed by atoms with E-state index in [0.29, 0.717) is 6.04 Å². The first-order valence-corrected chi connectivity index (χ1v) is 6.86. The molecule has 0 radical (unpaired) electrons. The lowest BCUT2D eigenvalue weighted by Crippen LogP contribution is -2.24. The third-order valence-corrected chi connectivity index (χ3v) is 3.67. The maximum Gasteiger partial charge on any atom is 0.128 e. The zero-order valence-corrected chi connectivity index (χ0v) is 10.9. The molecule has 0 fully saturated rings. The van der Waals surface area contributed by atoms with Crippen LogP contribution in [0, 0.1) is 0 Å². The Morgan fingerprint density at radius 1 is 1.32 bits per heavy atom. The first-order chi connectivity index (χ1) is 9.40. The van der Waals surface area contributed by atoms with Gasteiger partial charge in [0.05, 0.1) is 12.2 Å². The number of rotatable bonds is 4. The van der Waals surface area contributed by atoms with Gasteiger partial charge in [0.2, 0.25) is 0 Å². The van der Waals surface area contributed by atoms with Crippen LogP contribution in [0.25, 0.3) is 0 Å². The number of fused-ring (bicyclic) bond motifs is 1. The zero-order chi connectivity index (χ0) is 13.1. The Morgan fingerprint density at radius 2 is 2.16 bits per heavy atom. The molecule has 4 heteroatoms. The number of benzene rings is 1. The standard InChI is InChI=1S/C15H19N3O/c19-10-4-7-13-11-17-18-14(8-9-16-15(13)18)12-5-2-1-3-6-12/h1-3,5-6,11,14,16,19H,4,7-10H2. The Kier molecular flexibility index (Phi) is 3.51. The van der Waals surface area contributed by atoms with Crippen molar-refractivity contribution in [2.75, 3.05) is 18.5 Å². The van der Waals surface area contributed by atoms with Crippen LogP contribution < -0.4 is 5.32 Å². The average molecular weight is 257 g/mol. The fraction of sp³-hybridized carbons (Fsp3) is 0.400. The minimum atomic E-state index is 0.229. The summed E-state index contributed by atoms with van der Waals surface area (Å²) in [7, 11) is 0. The predicted octanol–water partition coefficient (Wildman–Crippen LogP) is 2.21. The number of aliphatic hydroxyl groups is 1. The fourth-order valence-corrected chi connectivity index (χ4v) is 2.71. The third-order valence-electron chi connectivity index (χ3n) is 3.67. The van der Waals surface area contributed by atoms with Crippen LogP contribution in [0.2, 0.25) is 0 Å². The van der Waals surface area contributed by atoms with E-state index in [4.69, 9.17) is 5.11 Å². The summed E-state index contributed by atoms with van der Waals surface area (Å²) in [6, 6.07) is 10.8. The fourth-order valence-electron chi connectivity index (χ4n) is 2.71. The van der Waals surface area contributed by atoms with Gasteiger partial charge in [-0.2, -0.15) is 5.10 Å². The minimum absolute atomic E-state index is 0.229. The largest absolute Gasteiger partial charge is 0.396 e. The summed E-state index contributed by atoms with van der Waals surface area (Å²) < 4.78 is 2.09. The molecular formula is C15H19N3O. The summed E-state index contributed by atoms with van der Waals surface area (Å²) in [5.74, 6) is 1.12. The van der Waals surface area contributed by atoms with E-state index in [2.05, 4.69) is 39.4 Å². The molecule has 0 saturated carbocycles. The van der Waals surface area contributed by atoms with E-state index < -0.39 is 0 Å². The molecule has 1 aromatic carbocycles. The van der Waals surface area contributed by atoms with Gasteiger partial charge in [-0.15, -0.1) is 0 Å². The summed E-state index contributed by atoms with van der Waals surface area (Å²) in [5.41, 5.74) is 2.51. The lowest BCUT2D eigenvalue weighted by atomic mass is 10.0. The Balaban J connectivity index is 1.91. The summed E-state index contributed by atoms with van der Waals surface area (Å²) >= 11 is 0. The van der Waals surface area contributed by atoms with Crippen molar-refractivity contribution in [1.82, 2.24) is 9.78 Å². The normalized spacial score (nSPS) is 17.8. The number of aliphatic hydroxyl groups excluding tert-OH is 1. The van der Waals surface area contributed by atoms with E-state index in [1.165, 1.54) is 11.1 Å². The zero-order valence-electron chi connectivity index (χ0n) is 10.9. The van der Waals surface area contributed by atoms with Crippen LogP contribution in [0.4, 0.5) is 5.82 Å². The monoisotopic (exact) mass is 257 g/mol. The van der Waals surface area contributed by atoms with Crippen LogP contribution in [0.3, 0.4) is 0 Å². The SMILES string of the molecule is OCCCc1cnn2c1NCCC2c1ccccc1. The molecule has 1 aliphatic heterocycles. The van der Waals surface area contributed by atoms with Gasteiger partial charge in [0.15, 0.2) is 0 Å². The molecule has 1 atom stereocenters. The highest BCUT2D eigenvalue weighted by Crippen LogP contribution is 2.31. The average Bonchev–Trinajstić information content (AvgIpc) is 2.89. The van der Waals surface area contributed by atoms with E-state index in [1.54, 1.807) is 0 Å². The first kappa shape index (κ1) is 12.2. The first-order valence-electron chi connectivity index (χ1n) is 6.86. The molecule has 2 aromatic rings. The molecular weight excluding hydrogens is 238 g/mol. The van der Waals surface area contributed by atoms with Gasteiger partial charge in [-0.3, -0.25) is 0 Å². The molecule has 19 heavy (non-hydrogen) atoms. The molecule has 0 bridgehead atoms. The number of hydrogen-bond donors (Lipinski definition) is 2. The van der Waals surface area contributed by atoms with Gasteiger partial charge in [-0.1, -0.05) is 30.3 Å². The second-order valence-corrected chi connectivity index (χ2v) is 4.93. The van der Waals surface area contributed by atoms with Crippen molar-refractivity contribution in [1.29, 1.82) is 0 Å². The summed E-state index contributed by atoms with van der Waals surface area (Å²) in [4.78, 5) is 0. The second-order valence-electron chi connectivity index (χ2n) is 4.93. The van der Waals surface area contributed by atoms with Crippen LogP contribution in [0.5, 0.6) is 0 Å². The third kappa shape index (κ3) is 2.36. The summed E-state index contributed by atoms with van der Waals surface area (Å²) in [6.45, 7) is 1.20. The molecule has 2 heterocycles. The van der Waals surface area contributed by atoms with Crippen molar-refractivity contribution in [2.45, 2.75) is 25.3 Å². The van der Waals surface area contributed by atoms with Crippen molar-refractivity contribution >= 4 is 5.82 Å². The van der Waals surface area contributed by atoms with Crippen LogP contribution in [-0.2, 0) is 6.42 Å². The molecule has 100 valence electrons. The van der Waals surface area contributed by atoms with E-state index >= 15 is 0 Å². The Morgan fingerprint density at radius 3 is 2.95 bits per heavy atom. The smallest absolute Gasteiger partial charge is 0.128 e. The van der Waals surface area contributed by atoms with E-state index in [9.17, 15) is 0 Å². The highest BCUT2D eigenvalue weighted by atomic mass is 16.2. The Bertz CT molecular complexity index is 536. The number of aryl methyl sites for hydroxylation is 1. The number of nitrogens with one attached hydrogen (secondary N) is 1. The minimum Gasteiger partial charge on any atom is -0.396 e. The van der Waals surface area contributed by atoms with E-state index in [1.807, 2.05) is 12.3 Å². The van der Waals surface area contributed by atoms with Gasteiger partial charge in [-0.25, -0.2) is 4.68 Å². The highest BCUT2D eigenvalue weighted by Gasteiger charge is 2.23. The van der Waals surface area contributed by atoms with Crippen molar-refractivity contribution in [3.63, 3.8) is 0 Å². The van der Waals surface area contributed by atoms with E-state index in [-0.39, 0.29) is 6.61 Å². The molecule has 1 aliphatic rings. The van der Waals surface area contributed by atoms with Gasteiger partial charge in [0, 0.05) is 18.7 Å². The van der Waals surface area contributed by atoms with Gasteiger partial charge < -0.3 is 10.4 Å². The van der Waals surface area contributed by atoms with Crippen LogP contribution in [-0.4, -0.2) is 28.0 Å².